The average molecular weight is 533 g/mol. The number of esters is 1. The highest BCUT2D eigenvalue weighted by Crippen LogP contribution is 2.36. The Kier molecular flexibility index (Phi) is 7.36. The number of nitrogens with zero attached hydrogens (tertiary/aromatic N) is 2. The van der Waals surface area contributed by atoms with E-state index in [1.807, 2.05) is 6.20 Å². The number of allylic oxidation sites excluding steroid dienone is 2. The Morgan fingerprint density at radius 2 is 1.68 bits per heavy atom. The van der Waals surface area contributed by atoms with Gasteiger partial charge in [0.2, 0.25) is 0 Å². The number of hydrogen-bond donors (Lipinski definition) is 2. The monoisotopic (exact) mass is 532 g/mol. The molecule has 1 aromatic rings. The molecule has 8 nitrogen and oxygen atoms in total. The molecule has 2 fully saturated rings. The minimum atomic E-state index is -4.77. The van der Waals surface area contributed by atoms with E-state index in [0.717, 1.165) is 62.2 Å². The number of nitrogens with one attached hydrogen (secondary N) is 2. The maximum absolute atomic E-state index is 12.9. The van der Waals surface area contributed by atoms with Crippen molar-refractivity contribution in [1.82, 2.24) is 15.5 Å². The molecule has 1 unspecified atom stereocenters. The molecule has 5 rings (SSSR count). The Labute approximate surface area is 218 Å². The molecule has 1 aromatic carbocycles. The van der Waals surface area contributed by atoms with Crippen molar-refractivity contribution in [3.8, 4) is 5.75 Å². The summed E-state index contributed by atoms with van der Waals surface area (Å²) in [6.07, 6.45) is 4.06. The van der Waals surface area contributed by atoms with E-state index in [0.29, 0.717) is 18.7 Å². The van der Waals surface area contributed by atoms with Crippen molar-refractivity contribution in [2.45, 2.75) is 51.1 Å². The summed E-state index contributed by atoms with van der Waals surface area (Å²) in [6.45, 7) is 1.10. The third kappa shape index (κ3) is 5.66. The Bertz CT molecular complexity index is 1150. The number of amidine groups is 1. The number of benzene rings is 1. The van der Waals surface area contributed by atoms with Crippen LogP contribution in [-0.2, 0) is 9.53 Å². The van der Waals surface area contributed by atoms with Crippen LogP contribution in [0.15, 0.2) is 52.8 Å². The molecule has 204 valence electrons. The summed E-state index contributed by atoms with van der Waals surface area (Å²) < 4.78 is 46.0. The number of rotatable bonds is 5. The van der Waals surface area contributed by atoms with E-state index in [4.69, 9.17) is 9.73 Å². The largest absolute Gasteiger partial charge is 0.573 e. The van der Waals surface area contributed by atoms with Gasteiger partial charge in [0, 0.05) is 24.6 Å². The molecule has 0 spiro atoms. The lowest BCUT2D eigenvalue weighted by Crippen LogP contribution is -2.44. The zero-order valence-electron chi connectivity index (χ0n) is 21.1. The topological polar surface area (TPSA) is 92.3 Å². The van der Waals surface area contributed by atoms with Crippen LogP contribution < -0.4 is 15.4 Å². The van der Waals surface area contributed by atoms with Gasteiger partial charge in [-0.15, -0.1) is 13.2 Å². The number of carbonyl (C=O) groups excluding carboxylic acids is 2. The molecule has 0 bridgehead atoms. The van der Waals surface area contributed by atoms with Gasteiger partial charge in [-0.2, -0.15) is 0 Å². The van der Waals surface area contributed by atoms with Crippen molar-refractivity contribution < 1.29 is 32.2 Å². The maximum Gasteiger partial charge on any atom is 0.573 e. The Morgan fingerprint density at radius 3 is 2.32 bits per heavy atom. The summed E-state index contributed by atoms with van der Waals surface area (Å²) in [5.41, 5.74) is 2.49. The van der Waals surface area contributed by atoms with Crippen LogP contribution in [0.5, 0.6) is 5.75 Å². The summed E-state index contributed by atoms with van der Waals surface area (Å²) in [5.74, 6) is 0.772. The number of halogens is 3. The molecule has 11 heteroatoms. The van der Waals surface area contributed by atoms with Crippen LogP contribution in [0, 0.1) is 17.8 Å². The van der Waals surface area contributed by atoms with E-state index in [-0.39, 0.29) is 41.5 Å². The first-order valence-corrected chi connectivity index (χ1v) is 13.0. The number of ether oxygens (including phenoxy) is 2. The van der Waals surface area contributed by atoms with Crippen LogP contribution in [0.25, 0.3) is 0 Å². The SMILES string of the molecule is COC(=O)[C@H]1CC[C@H](C2=NC3=C(C4CCN(C(=O)c5ccc(OC(F)(F)F)cc5)CC4)C=CNC3N2)CC1. The van der Waals surface area contributed by atoms with Gasteiger partial charge in [0.25, 0.3) is 5.91 Å². The zero-order chi connectivity index (χ0) is 26.9. The van der Waals surface area contributed by atoms with Crippen LogP contribution in [0.3, 0.4) is 0 Å². The van der Waals surface area contributed by atoms with E-state index in [1.54, 1.807) is 4.90 Å². The van der Waals surface area contributed by atoms with Gasteiger partial charge in [0.05, 0.1) is 18.7 Å². The van der Waals surface area contributed by atoms with Gasteiger partial charge in [-0.3, -0.25) is 9.59 Å². The molecule has 2 N–H and O–H groups in total. The van der Waals surface area contributed by atoms with E-state index in [2.05, 4.69) is 21.4 Å². The fourth-order valence-electron chi connectivity index (χ4n) is 5.81. The van der Waals surface area contributed by atoms with Crippen molar-refractivity contribution in [1.29, 1.82) is 0 Å². The van der Waals surface area contributed by atoms with Crippen molar-refractivity contribution in [3.05, 3.63) is 53.4 Å². The first kappa shape index (κ1) is 26.1. The lowest BCUT2D eigenvalue weighted by atomic mass is 9.81. The molecule has 3 aliphatic heterocycles. The highest BCUT2D eigenvalue weighted by atomic mass is 19.4. The molecule has 4 aliphatic rings. The normalized spacial score (nSPS) is 25.7. The number of aliphatic imine (C=N–C) groups is 1. The predicted octanol–water partition coefficient (Wildman–Crippen LogP) is 4.12. The van der Waals surface area contributed by atoms with Crippen molar-refractivity contribution >= 4 is 17.7 Å². The number of piperidine rings is 1. The van der Waals surface area contributed by atoms with Gasteiger partial charge in [-0.25, -0.2) is 4.99 Å². The van der Waals surface area contributed by atoms with Gasteiger partial charge in [-0.05, 0) is 86.6 Å². The lowest BCUT2D eigenvalue weighted by Gasteiger charge is -2.34. The fourth-order valence-corrected chi connectivity index (χ4v) is 5.81. The van der Waals surface area contributed by atoms with E-state index >= 15 is 0 Å². The highest BCUT2D eigenvalue weighted by molar-refractivity contribution is 5.94. The van der Waals surface area contributed by atoms with Crippen LogP contribution in [0.4, 0.5) is 13.2 Å². The molecule has 1 saturated heterocycles. The number of hydrogen-bond acceptors (Lipinski definition) is 7. The van der Waals surface area contributed by atoms with Gasteiger partial charge in [-0.1, -0.05) is 0 Å². The smallest absolute Gasteiger partial charge is 0.469 e. The maximum atomic E-state index is 12.9. The van der Waals surface area contributed by atoms with Gasteiger partial charge in [0.15, 0.2) is 0 Å². The second-order valence-corrected chi connectivity index (χ2v) is 10.1. The molecule has 0 aromatic heterocycles. The quantitative estimate of drug-likeness (QED) is 0.555. The summed E-state index contributed by atoms with van der Waals surface area (Å²) in [5, 5.41) is 6.86. The van der Waals surface area contributed by atoms with Crippen LogP contribution in [0.2, 0.25) is 0 Å². The molecule has 0 radical (unpaired) electrons. The molecule has 1 amide bonds. The first-order valence-electron chi connectivity index (χ1n) is 13.0. The molecule has 1 aliphatic carbocycles. The van der Waals surface area contributed by atoms with Crippen molar-refractivity contribution in [2.75, 3.05) is 20.2 Å². The number of likely N-dealkylation sites (tertiary alicyclic amines) is 1. The number of methoxy groups -OCH3 is 1. The molecular formula is C27H31F3N4O4. The summed E-state index contributed by atoms with van der Waals surface area (Å²) in [4.78, 5) is 31.5. The van der Waals surface area contributed by atoms with Gasteiger partial charge < -0.3 is 25.0 Å². The van der Waals surface area contributed by atoms with Gasteiger partial charge >= 0.3 is 12.3 Å². The number of carbonyl (C=O) groups is 2. The second-order valence-electron chi connectivity index (χ2n) is 10.1. The Morgan fingerprint density at radius 1 is 1.00 bits per heavy atom. The summed E-state index contributed by atoms with van der Waals surface area (Å²) in [6, 6.07) is 5.04. The number of amides is 1. The zero-order valence-corrected chi connectivity index (χ0v) is 21.1. The Hall–Kier alpha value is -3.50. The average Bonchev–Trinajstić information content (AvgIpc) is 3.37. The fraction of sp³-hybridized carbons (Fsp3) is 0.519. The third-order valence-corrected chi connectivity index (χ3v) is 7.83. The predicted molar refractivity (Wildman–Crippen MR) is 133 cm³/mol. The third-order valence-electron chi connectivity index (χ3n) is 7.83. The molecule has 38 heavy (non-hydrogen) atoms. The molecule has 1 atom stereocenters. The second kappa shape index (κ2) is 10.7. The Balaban J connectivity index is 1.20. The van der Waals surface area contributed by atoms with Crippen LogP contribution in [0.1, 0.15) is 48.9 Å². The van der Waals surface area contributed by atoms with Gasteiger partial charge in [0.1, 0.15) is 17.8 Å². The van der Waals surface area contributed by atoms with Crippen LogP contribution >= 0.6 is 0 Å². The summed E-state index contributed by atoms with van der Waals surface area (Å²) >= 11 is 0. The van der Waals surface area contributed by atoms with Crippen LogP contribution in [-0.4, -0.2) is 55.3 Å². The van der Waals surface area contributed by atoms with Crippen molar-refractivity contribution in [2.24, 2.45) is 22.7 Å². The molecule has 1 saturated carbocycles. The van der Waals surface area contributed by atoms with E-state index < -0.39 is 6.36 Å². The minimum Gasteiger partial charge on any atom is -0.469 e. The highest BCUT2D eigenvalue weighted by Gasteiger charge is 2.37. The molecular weight excluding hydrogens is 501 g/mol. The standard InChI is InChI=1S/C27H31F3N4O4/c1-37-26(36)19-4-2-17(3-5-19)23-32-22-21(10-13-31-24(22)33-23)16-11-14-34(15-12-16)25(35)18-6-8-20(9-7-18)38-27(28,29)30/h6-10,13,16-17,19,24,31H,2-5,11-12,14-15H2,1H3,(H,32,33)/t17-,19-,24?. The number of alkyl halides is 3. The number of fused-ring (bicyclic) bond motifs is 1. The van der Waals surface area contributed by atoms with Crippen molar-refractivity contribution in [3.63, 3.8) is 0 Å². The number of dihydropyridines is 1. The first-order chi connectivity index (χ1) is 18.2. The van der Waals surface area contributed by atoms with E-state index in [1.165, 1.54) is 24.8 Å². The summed E-state index contributed by atoms with van der Waals surface area (Å²) in [7, 11) is 1.43. The minimum absolute atomic E-state index is 0.0332. The van der Waals surface area contributed by atoms with E-state index in [9.17, 15) is 22.8 Å². The lowest BCUT2D eigenvalue weighted by molar-refractivity contribution is -0.274. The molecule has 3 heterocycles.